The molecule has 3 rings (SSSR count). The van der Waals surface area contributed by atoms with Gasteiger partial charge in [0.05, 0.1) is 18.1 Å². The summed E-state index contributed by atoms with van der Waals surface area (Å²) in [5.41, 5.74) is 7.48. The average Bonchev–Trinajstić information content (AvgIpc) is 3.19. The predicted octanol–water partition coefficient (Wildman–Crippen LogP) is 3.51. The van der Waals surface area contributed by atoms with Gasteiger partial charge < -0.3 is 20.5 Å². The van der Waals surface area contributed by atoms with Crippen molar-refractivity contribution in [2.45, 2.75) is 24.9 Å². The maximum absolute atomic E-state index is 12.4. The molecule has 1 saturated heterocycles. The number of nitrogens with one attached hydrogen (secondary N) is 2. The van der Waals surface area contributed by atoms with Crippen molar-refractivity contribution in [3.05, 3.63) is 64.6 Å². The summed E-state index contributed by atoms with van der Waals surface area (Å²) < 4.78 is 10.7. The van der Waals surface area contributed by atoms with Crippen molar-refractivity contribution in [2.75, 3.05) is 19.1 Å². The number of halogens is 1. The van der Waals surface area contributed by atoms with Gasteiger partial charge in [0.25, 0.3) is 11.1 Å². The minimum atomic E-state index is -0.855. The molecule has 2 aromatic rings. The third-order valence-electron chi connectivity index (χ3n) is 5.19. The highest BCUT2D eigenvalue weighted by atomic mass is 35.5. The molecule has 12 heteroatoms. The SMILES string of the molecule is COC(=O)C(Cc1ccc(Oc2ccc(/C=C3/SC(=O)NC3=O)cc2)cc1)NC(=O)C(N)CCSC.Cl. The van der Waals surface area contributed by atoms with Gasteiger partial charge in [0.1, 0.15) is 17.5 Å². The van der Waals surface area contributed by atoms with Gasteiger partial charge in [0, 0.05) is 6.42 Å². The van der Waals surface area contributed by atoms with E-state index in [0.29, 0.717) is 22.8 Å². The molecule has 1 heterocycles. The molecule has 37 heavy (non-hydrogen) atoms. The number of nitrogens with two attached hydrogens (primary N) is 1. The summed E-state index contributed by atoms with van der Waals surface area (Å²) >= 11 is 2.46. The van der Waals surface area contributed by atoms with Crippen LogP contribution in [-0.2, 0) is 25.5 Å². The zero-order chi connectivity index (χ0) is 26.1. The lowest BCUT2D eigenvalue weighted by Gasteiger charge is -2.19. The van der Waals surface area contributed by atoms with Gasteiger partial charge in [-0.15, -0.1) is 12.4 Å². The number of thioether (sulfide) groups is 2. The van der Waals surface area contributed by atoms with E-state index in [1.807, 2.05) is 6.26 Å². The van der Waals surface area contributed by atoms with Crippen molar-refractivity contribution in [2.24, 2.45) is 5.73 Å². The lowest BCUT2D eigenvalue weighted by Crippen LogP contribution is -2.49. The van der Waals surface area contributed by atoms with Crippen molar-refractivity contribution >= 4 is 65.0 Å². The number of imide groups is 1. The quantitative estimate of drug-likeness (QED) is 0.276. The van der Waals surface area contributed by atoms with Crippen LogP contribution in [0.3, 0.4) is 0 Å². The molecule has 2 unspecified atom stereocenters. The van der Waals surface area contributed by atoms with Gasteiger partial charge in [-0.1, -0.05) is 24.3 Å². The molecule has 0 saturated carbocycles. The number of ether oxygens (including phenoxy) is 2. The van der Waals surface area contributed by atoms with Crippen molar-refractivity contribution in [3.8, 4) is 11.5 Å². The largest absolute Gasteiger partial charge is 0.467 e. The highest BCUT2D eigenvalue weighted by Crippen LogP contribution is 2.27. The van der Waals surface area contributed by atoms with Crippen LogP contribution in [0, 0.1) is 0 Å². The van der Waals surface area contributed by atoms with E-state index in [-0.39, 0.29) is 24.1 Å². The molecule has 0 bridgehead atoms. The van der Waals surface area contributed by atoms with Gasteiger partial charge in [-0.2, -0.15) is 11.8 Å². The second kappa shape index (κ2) is 14.7. The van der Waals surface area contributed by atoms with E-state index in [2.05, 4.69) is 10.6 Å². The highest BCUT2D eigenvalue weighted by Gasteiger charge is 2.25. The topological polar surface area (TPSA) is 137 Å². The molecular weight excluding hydrogens is 538 g/mol. The smallest absolute Gasteiger partial charge is 0.328 e. The van der Waals surface area contributed by atoms with Crippen LogP contribution in [0.15, 0.2) is 53.4 Å². The molecule has 2 aromatic carbocycles. The number of carbonyl (C=O) groups is 4. The first-order valence-corrected chi connectivity index (χ1v) is 13.2. The second-order valence-corrected chi connectivity index (χ2v) is 9.84. The maximum Gasteiger partial charge on any atom is 0.328 e. The fraction of sp³-hybridized carbons (Fsp3) is 0.280. The molecule has 0 aliphatic carbocycles. The Labute approximate surface area is 229 Å². The minimum Gasteiger partial charge on any atom is -0.467 e. The molecule has 1 fully saturated rings. The molecule has 1 aliphatic heterocycles. The number of amides is 3. The van der Waals surface area contributed by atoms with Crippen LogP contribution in [0.1, 0.15) is 17.5 Å². The predicted molar refractivity (Wildman–Crippen MR) is 148 cm³/mol. The molecule has 0 aromatic heterocycles. The van der Waals surface area contributed by atoms with Gasteiger partial charge in [0.15, 0.2) is 0 Å². The van der Waals surface area contributed by atoms with Crippen molar-refractivity contribution in [1.82, 2.24) is 10.6 Å². The van der Waals surface area contributed by atoms with Gasteiger partial charge in [-0.25, -0.2) is 4.79 Å². The number of rotatable bonds is 11. The standard InChI is InChI=1S/C25H27N3O6S2.ClH/c1-33-24(31)20(27-22(29)19(26)11-12-35-2)13-15-3-7-17(8-4-15)34-18-9-5-16(6-10-18)14-21-23(30)28-25(32)36-21;/h3-10,14,19-20H,11-13,26H2,1-2H3,(H,27,29)(H,28,30,32);1H/b21-14+;. The first-order valence-electron chi connectivity index (χ1n) is 11.0. The third kappa shape index (κ3) is 9.12. The van der Waals surface area contributed by atoms with Crippen molar-refractivity contribution < 1.29 is 28.7 Å². The van der Waals surface area contributed by atoms with Crippen LogP contribution < -0.4 is 21.1 Å². The Kier molecular flexibility index (Phi) is 12.0. The highest BCUT2D eigenvalue weighted by molar-refractivity contribution is 8.18. The maximum atomic E-state index is 12.4. The molecule has 198 valence electrons. The lowest BCUT2D eigenvalue weighted by molar-refractivity contribution is -0.145. The van der Waals surface area contributed by atoms with E-state index in [1.54, 1.807) is 66.4 Å². The summed E-state index contributed by atoms with van der Waals surface area (Å²) in [4.78, 5) is 47.9. The molecule has 0 radical (unpaired) electrons. The normalized spacial score (nSPS) is 15.4. The zero-order valence-electron chi connectivity index (χ0n) is 20.2. The van der Waals surface area contributed by atoms with Gasteiger partial charge >= 0.3 is 5.97 Å². The van der Waals surface area contributed by atoms with Crippen LogP contribution >= 0.6 is 35.9 Å². The number of methoxy groups -OCH3 is 1. The number of esters is 1. The fourth-order valence-electron chi connectivity index (χ4n) is 3.26. The molecule has 4 N–H and O–H groups in total. The van der Waals surface area contributed by atoms with E-state index in [0.717, 1.165) is 28.6 Å². The number of carbonyl (C=O) groups excluding carboxylic acids is 4. The summed E-state index contributed by atoms with van der Waals surface area (Å²) in [5, 5.41) is 4.52. The van der Waals surface area contributed by atoms with Crippen LogP contribution in [0.4, 0.5) is 4.79 Å². The van der Waals surface area contributed by atoms with Gasteiger partial charge in [0.2, 0.25) is 5.91 Å². The van der Waals surface area contributed by atoms with E-state index in [9.17, 15) is 19.2 Å². The molecule has 0 spiro atoms. The second-order valence-electron chi connectivity index (χ2n) is 7.84. The Morgan fingerprint density at radius 3 is 2.27 bits per heavy atom. The monoisotopic (exact) mass is 565 g/mol. The van der Waals surface area contributed by atoms with Gasteiger partial charge in [-0.05, 0) is 71.7 Å². The first kappa shape index (κ1) is 30.2. The summed E-state index contributed by atoms with van der Waals surface area (Å²) in [7, 11) is 1.27. The fourth-order valence-corrected chi connectivity index (χ4v) is 4.43. The van der Waals surface area contributed by atoms with Crippen molar-refractivity contribution in [3.63, 3.8) is 0 Å². The summed E-state index contributed by atoms with van der Waals surface area (Å²) in [6.07, 6.45) is 4.32. The zero-order valence-corrected chi connectivity index (χ0v) is 22.7. The summed E-state index contributed by atoms with van der Waals surface area (Å²) in [5.74, 6) is 0.572. The summed E-state index contributed by atoms with van der Waals surface area (Å²) in [6, 6.07) is 12.6. The Morgan fingerprint density at radius 2 is 1.73 bits per heavy atom. The Bertz CT molecular complexity index is 1140. The van der Waals surface area contributed by atoms with Crippen LogP contribution in [-0.4, -0.2) is 54.2 Å². The van der Waals surface area contributed by atoms with E-state index in [1.165, 1.54) is 7.11 Å². The Balaban J connectivity index is 0.00000481. The van der Waals surface area contributed by atoms with E-state index in [4.69, 9.17) is 15.2 Å². The van der Waals surface area contributed by atoms with Gasteiger partial charge in [-0.3, -0.25) is 19.7 Å². The van der Waals surface area contributed by atoms with Crippen LogP contribution in [0.5, 0.6) is 11.5 Å². The molecule has 3 amide bonds. The van der Waals surface area contributed by atoms with E-state index < -0.39 is 29.9 Å². The van der Waals surface area contributed by atoms with Crippen molar-refractivity contribution in [1.29, 1.82) is 0 Å². The molecule has 1 aliphatic rings. The molecule has 9 nitrogen and oxygen atoms in total. The number of hydrogen-bond donors (Lipinski definition) is 3. The lowest BCUT2D eigenvalue weighted by atomic mass is 10.0. The number of benzene rings is 2. The summed E-state index contributed by atoms with van der Waals surface area (Å²) in [6.45, 7) is 0. The first-order chi connectivity index (χ1) is 17.3. The third-order valence-corrected chi connectivity index (χ3v) is 6.65. The number of hydrogen-bond acceptors (Lipinski definition) is 9. The van der Waals surface area contributed by atoms with Crippen LogP contribution in [0.25, 0.3) is 6.08 Å². The van der Waals surface area contributed by atoms with E-state index >= 15 is 0 Å². The Hall–Kier alpha value is -2.99. The molecule has 2 atom stereocenters. The minimum absolute atomic E-state index is 0. The average molecular weight is 566 g/mol. The molecular formula is C25H28ClN3O6S2. The van der Waals surface area contributed by atoms with Crippen LogP contribution in [0.2, 0.25) is 0 Å². The Morgan fingerprint density at radius 1 is 1.11 bits per heavy atom.